The number of ketones is 1. The zero-order valence-electron chi connectivity index (χ0n) is 18.8. The van der Waals surface area contributed by atoms with Crippen molar-refractivity contribution >= 4 is 28.8 Å². The van der Waals surface area contributed by atoms with Crippen LogP contribution in [0.4, 0.5) is 17.1 Å². The number of carbonyl (C=O) groups is 2. The fourth-order valence-corrected chi connectivity index (χ4v) is 3.34. The molecular formula is C25H25N3O5. The predicted octanol–water partition coefficient (Wildman–Crippen LogP) is 4.97. The number of amides is 1. The average molecular weight is 447 g/mol. The highest BCUT2D eigenvalue weighted by Gasteiger charge is 2.23. The van der Waals surface area contributed by atoms with E-state index in [-0.39, 0.29) is 39.4 Å². The number of nitrogen functional groups attached to an aromatic ring is 1. The van der Waals surface area contributed by atoms with Crippen LogP contribution in [0.15, 0.2) is 60.7 Å². The number of nitro groups is 1. The minimum absolute atomic E-state index is 0.0383. The first-order valence-electron chi connectivity index (χ1n) is 10.2. The number of nitrogens with two attached hydrogens (primary N) is 1. The Morgan fingerprint density at radius 1 is 1.00 bits per heavy atom. The van der Waals surface area contributed by atoms with E-state index in [2.05, 4.69) is 26.1 Å². The van der Waals surface area contributed by atoms with Gasteiger partial charge in [0.25, 0.3) is 5.91 Å². The van der Waals surface area contributed by atoms with E-state index in [0.29, 0.717) is 5.56 Å². The van der Waals surface area contributed by atoms with Gasteiger partial charge in [-0.15, -0.1) is 0 Å². The first-order valence-corrected chi connectivity index (χ1v) is 10.2. The summed E-state index contributed by atoms with van der Waals surface area (Å²) < 4.78 is 4.99. The van der Waals surface area contributed by atoms with Gasteiger partial charge in [-0.3, -0.25) is 19.7 Å². The van der Waals surface area contributed by atoms with Gasteiger partial charge in [0.1, 0.15) is 0 Å². The summed E-state index contributed by atoms with van der Waals surface area (Å²) in [6, 6.07) is 15.7. The lowest BCUT2D eigenvalue weighted by Gasteiger charge is -2.19. The molecule has 0 radical (unpaired) electrons. The molecule has 0 aliphatic carbocycles. The lowest BCUT2D eigenvalue weighted by Crippen LogP contribution is -2.17. The summed E-state index contributed by atoms with van der Waals surface area (Å²) in [5.74, 6) is -0.911. The average Bonchev–Trinajstić information content (AvgIpc) is 2.78. The Morgan fingerprint density at radius 2 is 1.64 bits per heavy atom. The van der Waals surface area contributed by atoms with Crippen LogP contribution in [0.3, 0.4) is 0 Å². The number of ether oxygens (including phenoxy) is 1. The van der Waals surface area contributed by atoms with Gasteiger partial charge in [0.2, 0.25) is 0 Å². The second-order valence-corrected chi connectivity index (χ2v) is 8.52. The number of methoxy groups -OCH3 is 1. The van der Waals surface area contributed by atoms with Crippen molar-refractivity contribution < 1.29 is 19.2 Å². The summed E-state index contributed by atoms with van der Waals surface area (Å²) in [6.07, 6.45) is 0. The minimum atomic E-state index is -0.626. The maximum absolute atomic E-state index is 13.2. The zero-order valence-corrected chi connectivity index (χ0v) is 18.8. The number of nitro benzene ring substituents is 1. The molecule has 0 spiro atoms. The molecule has 0 aromatic heterocycles. The molecule has 3 N–H and O–H groups in total. The van der Waals surface area contributed by atoms with E-state index in [4.69, 9.17) is 10.5 Å². The molecule has 0 aliphatic heterocycles. The molecule has 33 heavy (non-hydrogen) atoms. The number of nitrogens with zero attached hydrogens (tertiary/aromatic N) is 1. The van der Waals surface area contributed by atoms with E-state index in [0.717, 1.165) is 11.6 Å². The highest BCUT2D eigenvalue weighted by molar-refractivity contribution is 6.17. The van der Waals surface area contributed by atoms with Crippen LogP contribution in [0.2, 0.25) is 0 Å². The molecular weight excluding hydrogens is 422 g/mol. The molecule has 3 aromatic rings. The smallest absolute Gasteiger partial charge is 0.311 e. The quantitative estimate of drug-likeness (QED) is 0.238. The monoisotopic (exact) mass is 447 g/mol. The van der Waals surface area contributed by atoms with Crippen molar-refractivity contribution in [1.29, 1.82) is 0 Å². The fourth-order valence-electron chi connectivity index (χ4n) is 3.34. The summed E-state index contributed by atoms with van der Waals surface area (Å²) in [7, 11) is 1.31. The largest absolute Gasteiger partial charge is 0.490 e. The number of benzene rings is 3. The molecule has 0 fully saturated rings. The Kier molecular flexibility index (Phi) is 6.48. The molecule has 0 unspecified atom stereocenters. The van der Waals surface area contributed by atoms with Crippen molar-refractivity contribution in [3.05, 3.63) is 93.0 Å². The van der Waals surface area contributed by atoms with Gasteiger partial charge in [0, 0.05) is 22.8 Å². The Bertz CT molecular complexity index is 1230. The number of hydrogen-bond acceptors (Lipinski definition) is 6. The van der Waals surface area contributed by atoms with E-state index in [1.165, 1.54) is 25.3 Å². The van der Waals surface area contributed by atoms with Crippen molar-refractivity contribution in [2.75, 3.05) is 18.2 Å². The van der Waals surface area contributed by atoms with Crippen LogP contribution in [0.5, 0.6) is 5.75 Å². The summed E-state index contributed by atoms with van der Waals surface area (Å²) in [4.78, 5) is 36.8. The third-order valence-corrected chi connectivity index (χ3v) is 5.23. The second-order valence-electron chi connectivity index (χ2n) is 8.52. The van der Waals surface area contributed by atoms with Crippen molar-refractivity contribution in [2.45, 2.75) is 26.2 Å². The first kappa shape index (κ1) is 23.5. The van der Waals surface area contributed by atoms with Crippen LogP contribution < -0.4 is 15.8 Å². The Hall–Kier alpha value is -4.20. The molecule has 0 bridgehead atoms. The van der Waals surface area contributed by atoms with Crippen molar-refractivity contribution in [2.24, 2.45) is 0 Å². The molecule has 1 amide bonds. The molecule has 0 saturated heterocycles. The van der Waals surface area contributed by atoms with E-state index >= 15 is 0 Å². The van der Waals surface area contributed by atoms with Crippen LogP contribution in [-0.4, -0.2) is 23.7 Å². The molecule has 3 rings (SSSR count). The second kappa shape index (κ2) is 9.12. The van der Waals surface area contributed by atoms with Crippen molar-refractivity contribution in [1.82, 2.24) is 0 Å². The molecule has 170 valence electrons. The number of anilines is 2. The maximum atomic E-state index is 13.2. The van der Waals surface area contributed by atoms with Crippen LogP contribution in [0, 0.1) is 10.1 Å². The van der Waals surface area contributed by atoms with Gasteiger partial charge < -0.3 is 15.8 Å². The van der Waals surface area contributed by atoms with Crippen LogP contribution >= 0.6 is 0 Å². The topological polar surface area (TPSA) is 125 Å². The highest BCUT2D eigenvalue weighted by Crippen LogP contribution is 2.31. The third-order valence-electron chi connectivity index (χ3n) is 5.23. The van der Waals surface area contributed by atoms with E-state index in [1.54, 1.807) is 24.3 Å². The minimum Gasteiger partial charge on any atom is -0.490 e. The van der Waals surface area contributed by atoms with Gasteiger partial charge in [0.05, 0.1) is 23.4 Å². The number of rotatable bonds is 6. The lowest BCUT2D eigenvalue weighted by atomic mass is 9.86. The highest BCUT2D eigenvalue weighted by atomic mass is 16.6. The van der Waals surface area contributed by atoms with Gasteiger partial charge in [-0.05, 0) is 47.4 Å². The molecule has 8 heteroatoms. The number of hydrogen-bond donors (Lipinski definition) is 2. The molecule has 3 aromatic carbocycles. The van der Waals surface area contributed by atoms with Gasteiger partial charge in [-0.1, -0.05) is 39.0 Å². The fraction of sp³-hybridized carbons (Fsp3) is 0.200. The first-order chi connectivity index (χ1) is 15.5. The Labute approximate surface area is 191 Å². The van der Waals surface area contributed by atoms with Crippen LogP contribution in [0.1, 0.15) is 52.6 Å². The zero-order chi connectivity index (χ0) is 24.3. The van der Waals surface area contributed by atoms with Gasteiger partial charge >= 0.3 is 5.69 Å². The van der Waals surface area contributed by atoms with E-state index in [9.17, 15) is 19.7 Å². The summed E-state index contributed by atoms with van der Waals surface area (Å²) >= 11 is 0. The van der Waals surface area contributed by atoms with Crippen molar-refractivity contribution in [3.63, 3.8) is 0 Å². The predicted molar refractivity (Wildman–Crippen MR) is 127 cm³/mol. The van der Waals surface area contributed by atoms with Gasteiger partial charge in [-0.2, -0.15) is 0 Å². The lowest BCUT2D eigenvalue weighted by molar-refractivity contribution is -0.385. The molecule has 0 heterocycles. The molecule has 0 atom stereocenters. The molecule has 0 aliphatic rings. The summed E-state index contributed by atoms with van der Waals surface area (Å²) in [5.41, 5.74) is 7.70. The number of nitrogens with one attached hydrogen (secondary N) is 1. The maximum Gasteiger partial charge on any atom is 0.311 e. The summed E-state index contributed by atoms with van der Waals surface area (Å²) in [5, 5.41) is 14.1. The molecule has 0 saturated carbocycles. The Morgan fingerprint density at radius 3 is 2.21 bits per heavy atom. The summed E-state index contributed by atoms with van der Waals surface area (Å²) in [6.45, 7) is 6.23. The number of carbonyl (C=O) groups excluding carboxylic acids is 2. The standard InChI is InChI=1S/C25H25N3O5/c1-25(2,3)17-11-8-15(9-12-17)24(30)27-22-18(6-5-7-19(22)26)23(29)16-10-13-21(33-4)20(14-16)28(31)32/h5-14H,26H2,1-4H3,(H,27,30). The van der Waals surface area contributed by atoms with E-state index < -0.39 is 16.6 Å². The number of para-hydroxylation sites is 1. The SMILES string of the molecule is COc1ccc(C(=O)c2cccc(N)c2NC(=O)c2ccc(C(C)(C)C)cc2)cc1[N+](=O)[O-]. The molecule has 8 nitrogen and oxygen atoms in total. The normalized spacial score (nSPS) is 11.0. The third kappa shape index (κ3) is 5.01. The Balaban J connectivity index is 1.95. The van der Waals surface area contributed by atoms with Gasteiger partial charge in [0.15, 0.2) is 11.5 Å². The van der Waals surface area contributed by atoms with E-state index in [1.807, 2.05) is 12.1 Å². The van der Waals surface area contributed by atoms with Crippen LogP contribution in [0.25, 0.3) is 0 Å². The van der Waals surface area contributed by atoms with Crippen LogP contribution in [-0.2, 0) is 5.41 Å². The van der Waals surface area contributed by atoms with Gasteiger partial charge in [-0.25, -0.2) is 0 Å². The van der Waals surface area contributed by atoms with Crippen molar-refractivity contribution in [3.8, 4) is 5.75 Å².